The Balaban J connectivity index is 1.39. The average molecular weight is 485 g/mol. The summed E-state index contributed by atoms with van der Waals surface area (Å²) in [5.41, 5.74) is 3.41. The molecule has 3 heterocycles. The fourth-order valence-corrected chi connectivity index (χ4v) is 6.18. The highest BCUT2D eigenvalue weighted by atomic mass is 35.5. The smallest absolute Gasteiger partial charge is 0.348 e. The van der Waals surface area contributed by atoms with Gasteiger partial charge < -0.3 is 14.5 Å². The highest BCUT2D eigenvalue weighted by Gasteiger charge is 2.27. The molecule has 0 N–H and O–H groups in total. The van der Waals surface area contributed by atoms with Crippen LogP contribution in [0.25, 0.3) is 10.2 Å². The van der Waals surface area contributed by atoms with E-state index in [-0.39, 0.29) is 17.4 Å². The molecule has 1 aliphatic heterocycles. The molecule has 3 aromatic rings. The van der Waals surface area contributed by atoms with E-state index in [0.717, 1.165) is 73.5 Å². The molecule has 0 atom stereocenters. The van der Waals surface area contributed by atoms with Gasteiger partial charge in [-0.2, -0.15) is 4.98 Å². The summed E-state index contributed by atoms with van der Waals surface area (Å²) < 4.78 is 5.85. The standard InChI is InChI=1S/C25H29ClN4O2S/c1-16-7-6-8-18(15-16)29-11-13-30(14-12-29)22-20-17(2)21(33-23(20)28-25(26)27-22)24(31)32-19-9-4-3-5-10-19/h6-8,15,19H,3-5,9-14H2,1-2H3. The molecule has 2 fully saturated rings. The predicted octanol–water partition coefficient (Wildman–Crippen LogP) is 5.78. The Hall–Kier alpha value is -2.38. The van der Waals surface area contributed by atoms with Crippen molar-refractivity contribution in [2.24, 2.45) is 0 Å². The molecule has 1 aliphatic carbocycles. The molecule has 0 spiro atoms. The number of fused-ring (bicyclic) bond motifs is 1. The fraction of sp³-hybridized carbons (Fsp3) is 0.480. The molecule has 174 valence electrons. The maximum absolute atomic E-state index is 13.0. The second-order valence-corrected chi connectivity index (χ2v) is 10.4. The van der Waals surface area contributed by atoms with Crippen molar-refractivity contribution in [3.8, 4) is 0 Å². The van der Waals surface area contributed by atoms with E-state index in [4.69, 9.17) is 16.3 Å². The third-order valence-electron chi connectivity index (χ3n) is 6.70. The zero-order chi connectivity index (χ0) is 22.9. The van der Waals surface area contributed by atoms with Crippen LogP contribution in [0.4, 0.5) is 11.5 Å². The van der Waals surface area contributed by atoms with Crippen LogP contribution in [0.5, 0.6) is 0 Å². The van der Waals surface area contributed by atoms with E-state index in [0.29, 0.717) is 4.88 Å². The van der Waals surface area contributed by atoms with Gasteiger partial charge in [-0.05, 0) is 74.4 Å². The van der Waals surface area contributed by atoms with Crippen LogP contribution in [0.3, 0.4) is 0 Å². The Morgan fingerprint density at radius 3 is 2.52 bits per heavy atom. The molecule has 1 saturated heterocycles. The number of esters is 1. The molecule has 0 radical (unpaired) electrons. The van der Waals surface area contributed by atoms with E-state index < -0.39 is 0 Å². The number of carbonyl (C=O) groups is 1. The van der Waals surface area contributed by atoms with Crippen LogP contribution in [0.2, 0.25) is 5.28 Å². The quantitative estimate of drug-likeness (QED) is 0.345. The van der Waals surface area contributed by atoms with Crippen molar-refractivity contribution in [1.82, 2.24) is 9.97 Å². The van der Waals surface area contributed by atoms with Crippen molar-refractivity contribution in [2.45, 2.75) is 52.1 Å². The topological polar surface area (TPSA) is 58.6 Å². The molecule has 0 bridgehead atoms. The number of ether oxygens (including phenoxy) is 1. The first-order valence-corrected chi connectivity index (χ1v) is 12.9. The highest BCUT2D eigenvalue weighted by molar-refractivity contribution is 7.20. The Morgan fingerprint density at radius 1 is 1.06 bits per heavy atom. The third kappa shape index (κ3) is 4.66. The number of aromatic nitrogens is 2. The summed E-state index contributed by atoms with van der Waals surface area (Å²) in [4.78, 5) is 28.1. The lowest BCUT2D eigenvalue weighted by atomic mass is 9.98. The molecule has 1 aromatic carbocycles. The lowest BCUT2D eigenvalue weighted by Crippen LogP contribution is -2.47. The van der Waals surface area contributed by atoms with Gasteiger partial charge in [0.2, 0.25) is 5.28 Å². The van der Waals surface area contributed by atoms with Gasteiger partial charge in [-0.1, -0.05) is 18.6 Å². The zero-order valence-electron chi connectivity index (χ0n) is 19.1. The van der Waals surface area contributed by atoms with Crippen molar-refractivity contribution < 1.29 is 9.53 Å². The van der Waals surface area contributed by atoms with E-state index in [1.165, 1.54) is 29.0 Å². The van der Waals surface area contributed by atoms with Crippen LogP contribution in [0.1, 0.15) is 52.9 Å². The van der Waals surface area contributed by atoms with Gasteiger partial charge in [-0.3, -0.25) is 0 Å². The van der Waals surface area contributed by atoms with Crippen LogP contribution < -0.4 is 9.80 Å². The first-order chi connectivity index (χ1) is 16.0. The van der Waals surface area contributed by atoms with Crippen molar-refractivity contribution in [3.63, 3.8) is 0 Å². The number of aryl methyl sites for hydroxylation is 2. The highest BCUT2D eigenvalue weighted by Crippen LogP contribution is 2.37. The molecule has 0 unspecified atom stereocenters. The maximum Gasteiger partial charge on any atom is 0.348 e. The van der Waals surface area contributed by atoms with Crippen LogP contribution >= 0.6 is 22.9 Å². The predicted molar refractivity (Wildman–Crippen MR) is 135 cm³/mol. The molecule has 0 amide bonds. The van der Waals surface area contributed by atoms with Gasteiger partial charge in [-0.15, -0.1) is 11.3 Å². The summed E-state index contributed by atoms with van der Waals surface area (Å²) in [6, 6.07) is 8.61. The van der Waals surface area contributed by atoms with Crippen LogP contribution in [0, 0.1) is 13.8 Å². The van der Waals surface area contributed by atoms with Gasteiger partial charge in [-0.25, -0.2) is 9.78 Å². The summed E-state index contributed by atoms with van der Waals surface area (Å²) in [6.45, 7) is 7.54. The summed E-state index contributed by atoms with van der Waals surface area (Å²) >= 11 is 7.68. The van der Waals surface area contributed by atoms with Crippen molar-refractivity contribution in [1.29, 1.82) is 0 Å². The minimum absolute atomic E-state index is 0.0275. The van der Waals surface area contributed by atoms with Gasteiger partial charge in [0.15, 0.2) is 0 Å². The SMILES string of the molecule is Cc1cccc(N2CCN(c3nc(Cl)nc4sc(C(=O)OC5CCCCC5)c(C)c34)CC2)c1. The molecule has 2 aromatic heterocycles. The zero-order valence-corrected chi connectivity index (χ0v) is 20.7. The Bertz CT molecular complexity index is 1170. The van der Waals surface area contributed by atoms with Crippen LogP contribution in [-0.2, 0) is 4.74 Å². The maximum atomic E-state index is 13.0. The molecular weight excluding hydrogens is 456 g/mol. The van der Waals surface area contributed by atoms with Crippen LogP contribution in [0.15, 0.2) is 24.3 Å². The number of hydrogen-bond acceptors (Lipinski definition) is 7. The monoisotopic (exact) mass is 484 g/mol. The summed E-state index contributed by atoms with van der Waals surface area (Å²) in [5.74, 6) is 0.577. The summed E-state index contributed by atoms with van der Waals surface area (Å²) in [6.07, 6.45) is 5.42. The molecule has 5 rings (SSSR count). The fourth-order valence-electron chi connectivity index (χ4n) is 4.90. The molecular formula is C25H29ClN4O2S. The normalized spacial score (nSPS) is 17.5. The first kappa shape index (κ1) is 22.4. The minimum atomic E-state index is -0.242. The number of carbonyl (C=O) groups excluding carboxylic acids is 1. The summed E-state index contributed by atoms with van der Waals surface area (Å²) in [7, 11) is 0. The van der Waals surface area contributed by atoms with Gasteiger partial charge in [0.05, 0.1) is 5.39 Å². The largest absolute Gasteiger partial charge is 0.458 e. The lowest BCUT2D eigenvalue weighted by Gasteiger charge is -2.37. The van der Waals surface area contributed by atoms with E-state index in [1.54, 1.807) is 0 Å². The Labute approximate surface area is 203 Å². The summed E-state index contributed by atoms with van der Waals surface area (Å²) in [5, 5.41) is 1.14. The molecule has 33 heavy (non-hydrogen) atoms. The number of benzene rings is 1. The van der Waals surface area contributed by atoms with E-state index in [2.05, 4.69) is 51.0 Å². The van der Waals surface area contributed by atoms with Crippen molar-refractivity contribution in [3.05, 3.63) is 45.6 Å². The second kappa shape index (κ2) is 9.47. The lowest BCUT2D eigenvalue weighted by molar-refractivity contribution is 0.0216. The van der Waals surface area contributed by atoms with Crippen LogP contribution in [-0.4, -0.2) is 48.2 Å². The Kier molecular flexibility index (Phi) is 6.43. The van der Waals surface area contributed by atoms with E-state index >= 15 is 0 Å². The number of anilines is 2. The van der Waals surface area contributed by atoms with E-state index in [9.17, 15) is 4.79 Å². The number of hydrogen-bond donors (Lipinski definition) is 0. The number of halogens is 1. The number of rotatable bonds is 4. The first-order valence-electron chi connectivity index (χ1n) is 11.7. The average Bonchev–Trinajstić information content (AvgIpc) is 3.15. The molecule has 1 saturated carbocycles. The Morgan fingerprint density at radius 2 is 1.79 bits per heavy atom. The van der Waals surface area contributed by atoms with Gasteiger partial charge in [0, 0.05) is 31.9 Å². The van der Waals surface area contributed by atoms with Gasteiger partial charge >= 0.3 is 5.97 Å². The van der Waals surface area contributed by atoms with Gasteiger partial charge in [0.1, 0.15) is 21.6 Å². The molecule has 8 heteroatoms. The van der Waals surface area contributed by atoms with Crippen molar-refractivity contribution >= 4 is 50.6 Å². The number of thiophene rings is 1. The molecule has 2 aliphatic rings. The molecule has 6 nitrogen and oxygen atoms in total. The van der Waals surface area contributed by atoms with E-state index in [1.807, 2.05) is 6.92 Å². The minimum Gasteiger partial charge on any atom is -0.458 e. The number of nitrogens with zero attached hydrogens (tertiary/aromatic N) is 4. The van der Waals surface area contributed by atoms with Gasteiger partial charge in [0.25, 0.3) is 0 Å². The third-order valence-corrected chi connectivity index (χ3v) is 8.04. The van der Waals surface area contributed by atoms with Crippen molar-refractivity contribution in [2.75, 3.05) is 36.0 Å². The second-order valence-electron chi connectivity index (χ2n) is 9.03. The number of piperazine rings is 1.